The van der Waals surface area contributed by atoms with Crippen molar-refractivity contribution in [1.29, 1.82) is 10.5 Å². The molecule has 134 heavy (non-hydrogen) atoms. The van der Waals surface area contributed by atoms with E-state index in [0.29, 0.717) is 167 Å². The number of nitriles is 2. The van der Waals surface area contributed by atoms with Gasteiger partial charge >= 0.3 is 48.5 Å². The number of benzene rings is 2. The molecule has 0 bridgehead atoms. The number of nitrogens with zero attached hydrogens (tertiary/aromatic N) is 10. The molecule has 0 saturated heterocycles. The molecule has 0 aliphatic heterocycles. The highest BCUT2D eigenvalue weighted by Gasteiger charge is 2.17. The molecule has 0 aliphatic rings. The van der Waals surface area contributed by atoms with Crippen molar-refractivity contribution in [1.82, 2.24) is 9.80 Å². The number of allylic oxidation sites excluding steroid dienone is 4. The zero-order chi connectivity index (χ0) is 100. The molecule has 32 nitrogen and oxygen atoms in total. The number of hydrogen-bond donors (Lipinski definition) is 0. The average Bonchev–Trinajstić information content (AvgIpc) is 1.69. The van der Waals surface area contributed by atoms with Crippen LogP contribution in [0.4, 0.5) is 31.4 Å². The molecule has 0 spiro atoms. The van der Waals surface area contributed by atoms with Gasteiger partial charge in [0.2, 0.25) is 10.0 Å². The van der Waals surface area contributed by atoms with E-state index in [1.165, 1.54) is 149 Å². The molecule has 4 rings (SSSR count). The first-order valence-corrected chi connectivity index (χ1v) is 48.1. The van der Waals surface area contributed by atoms with Gasteiger partial charge in [0.25, 0.3) is 0 Å². The SMILES string of the molecule is CCCCC/C=C/CCCC(=O)OCCOCCOCCN(C)CCOCCOC(=O)CCC/C=C/CCCCC.CCCCCCCCCCC(=O)OCCOCCOCCN(C)CCOCCOC(=O)CCCCCCCCCC.O=C=O.O=C=O.O=C=O.O=C=O.[C-]#[N+]c1sc(N=Nc2ccc(C)cc2C)c(C#N)c1C.[C-]#[N+]c1sc(N=Nc2ccc(C)cc2C)c(C#N)c1C. The molecule has 0 unspecified atom stereocenters. The zero-order valence-electron chi connectivity index (χ0n) is 81.8. The fourth-order valence-corrected chi connectivity index (χ4v) is 13.5. The zero-order valence-corrected chi connectivity index (χ0v) is 83.4. The summed E-state index contributed by atoms with van der Waals surface area (Å²) in [6, 6.07) is 16.0. The second kappa shape index (κ2) is 98.6. The molecule has 0 fully saturated rings. The predicted octanol–water partition coefficient (Wildman–Crippen LogP) is 22.5. The van der Waals surface area contributed by atoms with Gasteiger partial charge in [-0.15, -0.1) is 43.1 Å². The molecule has 0 radical (unpaired) electrons. The summed E-state index contributed by atoms with van der Waals surface area (Å²) in [5.74, 6) is -0.561. The van der Waals surface area contributed by atoms with Crippen molar-refractivity contribution in [3.8, 4) is 12.1 Å². The molecule has 0 N–H and O–H groups in total. The van der Waals surface area contributed by atoms with Gasteiger partial charge in [-0.1, -0.05) is 203 Å². The maximum absolute atomic E-state index is 11.8. The minimum absolute atomic E-state index is 0.118. The number of ether oxygens (including phenoxy) is 10. The van der Waals surface area contributed by atoms with Gasteiger partial charge in [0, 0.05) is 51.9 Å². The van der Waals surface area contributed by atoms with Crippen molar-refractivity contribution in [3.63, 3.8) is 0 Å². The minimum atomic E-state index is -0.163. The van der Waals surface area contributed by atoms with E-state index in [0.717, 1.165) is 113 Å². The molecular weight excluding hydrogens is 1760 g/mol. The van der Waals surface area contributed by atoms with Crippen molar-refractivity contribution >= 4 is 103 Å². The van der Waals surface area contributed by atoms with Crippen molar-refractivity contribution in [2.45, 2.75) is 275 Å². The highest BCUT2D eigenvalue weighted by atomic mass is 32.1. The number of aryl methyl sites for hydroxylation is 4. The molecular formula is C100H150N10O22S2. The Morgan fingerprint density at radius 2 is 0.590 bits per heavy atom. The van der Waals surface area contributed by atoms with Crippen LogP contribution >= 0.6 is 22.7 Å². The molecule has 0 amide bonds. The first-order chi connectivity index (χ1) is 65.0. The van der Waals surface area contributed by atoms with Crippen LogP contribution in [0.3, 0.4) is 0 Å². The van der Waals surface area contributed by atoms with Gasteiger partial charge in [-0.05, 0) is 154 Å². The Morgan fingerprint density at radius 1 is 0.351 bits per heavy atom. The highest BCUT2D eigenvalue weighted by Crippen LogP contribution is 2.43. The van der Waals surface area contributed by atoms with E-state index in [9.17, 15) is 19.2 Å². The summed E-state index contributed by atoms with van der Waals surface area (Å²) in [5, 5.41) is 37.0. The van der Waals surface area contributed by atoms with Crippen LogP contribution < -0.4 is 0 Å². The van der Waals surface area contributed by atoms with Crippen LogP contribution in [-0.2, 0) is 105 Å². The lowest BCUT2D eigenvalue weighted by Crippen LogP contribution is -2.28. The van der Waals surface area contributed by atoms with Crippen LogP contribution in [0, 0.1) is 77.3 Å². The second-order valence-electron chi connectivity index (χ2n) is 30.5. The molecule has 34 heteroatoms. The number of rotatable bonds is 68. The molecule has 0 aliphatic carbocycles. The van der Waals surface area contributed by atoms with Crippen LogP contribution in [-0.4, -0.2) is 204 Å². The first-order valence-electron chi connectivity index (χ1n) is 46.5. The third-order valence-corrected chi connectivity index (χ3v) is 21.4. The molecule has 4 aromatic rings. The summed E-state index contributed by atoms with van der Waals surface area (Å²) in [6.45, 7) is 44.9. The summed E-state index contributed by atoms with van der Waals surface area (Å²) < 4.78 is 54.2. The molecule has 0 saturated carbocycles. The van der Waals surface area contributed by atoms with Gasteiger partial charge in [0.1, 0.15) is 48.6 Å². The number of hydrogen-bond acceptors (Lipinski definition) is 32. The minimum Gasteiger partial charge on any atom is -0.463 e. The number of thiophene rings is 2. The molecule has 2 heterocycles. The number of esters is 4. The lowest BCUT2D eigenvalue weighted by atomic mass is 10.1. The smallest absolute Gasteiger partial charge is 0.373 e. The number of carbonyl (C=O) groups excluding carboxylic acids is 12. The Morgan fingerprint density at radius 3 is 0.851 bits per heavy atom. The maximum Gasteiger partial charge on any atom is 0.373 e. The van der Waals surface area contributed by atoms with E-state index < -0.39 is 0 Å². The Kier molecular flexibility index (Phi) is 95.5. The highest BCUT2D eigenvalue weighted by molar-refractivity contribution is 7.20. The number of azo groups is 2. The van der Waals surface area contributed by atoms with Crippen LogP contribution in [0.25, 0.3) is 9.69 Å². The average molecular weight is 1910 g/mol. The Balaban J connectivity index is -0.000000838. The van der Waals surface area contributed by atoms with Crippen LogP contribution in [0.5, 0.6) is 0 Å². The summed E-state index contributed by atoms with van der Waals surface area (Å²) >= 11 is 2.40. The summed E-state index contributed by atoms with van der Waals surface area (Å²) in [4.78, 5) is 123. The number of unbranched alkanes of at least 4 members (excludes halogenated alkanes) is 22. The molecule has 744 valence electrons. The van der Waals surface area contributed by atoms with Gasteiger partial charge in [0.15, 0.2) is 0 Å². The maximum atomic E-state index is 11.8. The number of carbonyl (C=O) groups is 4. The standard InChI is InChI=1S/C33H65NO7.C33H61NO7.2C15H12N4S.4CO2/c2*1-4-6-8-10-12-14-16-18-20-32(35)40-30-28-38-25-23-34(3)22-24-37-26-27-39-29-31-41-33(36)21-19-17-15-13-11-9-7-5-2;2*1-9-5-6-13(10(2)7-9)18-19-15-12(8-16)11(3)14(17-4)20-15;4*2-1-3/h4-31H2,1-3H3;12-15H,4-11,16-31H2,1-3H3;2*5-7H,1-3H3;;;;/b;14-12+,15-13+;;;;;;. The quantitative estimate of drug-likeness (QED) is 0.00989. The third kappa shape index (κ3) is 81.1. The van der Waals surface area contributed by atoms with E-state index in [4.69, 9.17) is 109 Å². The third-order valence-electron chi connectivity index (χ3n) is 19.3. The second-order valence-corrected chi connectivity index (χ2v) is 32.5. The first kappa shape index (κ1) is 130. The Labute approximate surface area is 804 Å². The molecule has 0 atom stereocenters. The van der Waals surface area contributed by atoms with Crippen molar-refractivity contribution in [2.24, 2.45) is 20.5 Å². The van der Waals surface area contributed by atoms with Crippen LogP contribution in [0.1, 0.15) is 278 Å². The Bertz CT molecular complexity index is 3950. The normalized spacial score (nSPS) is 10.4. The van der Waals surface area contributed by atoms with Gasteiger partial charge in [-0.2, -0.15) is 48.9 Å². The van der Waals surface area contributed by atoms with E-state index >= 15 is 0 Å². The van der Waals surface area contributed by atoms with Crippen LogP contribution in [0.15, 0.2) is 81.2 Å². The van der Waals surface area contributed by atoms with E-state index in [2.05, 4.69) is 104 Å². The van der Waals surface area contributed by atoms with Crippen LogP contribution in [0.2, 0.25) is 0 Å². The largest absolute Gasteiger partial charge is 0.463 e. The summed E-state index contributed by atoms with van der Waals surface area (Å²) in [7, 11) is 4.04. The van der Waals surface area contributed by atoms with E-state index in [-0.39, 0.29) is 55.1 Å². The lowest BCUT2D eigenvalue weighted by Gasteiger charge is -2.16. The van der Waals surface area contributed by atoms with Gasteiger partial charge in [-0.3, -0.25) is 19.2 Å². The van der Waals surface area contributed by atoms with E-state index in [1.807, 2.05) is 78.2 Å². The Hall–Kier alpha value is -10.4. The van der Waals surface area contributed by atoms with Gasteiger partial charge in [0.05, 0.1) is 115 Å². The number of likely N-dealkylation sites (N-methyl/N-ethyl adjacent to an activating group) is 2. The lowest BCUT2D eigenvalue weighted by molar-refractivity contribution is -0.193. The molecule has 2 aromatic heterocycles. The fourth-order valence-electron chi connectivity index (χ4n) is 11.8. The monoisotopic (exact) mass is 1910 g/mol. The summed E-state index contributed by atoms with van der Waals surface area (Å²) in [5.41, 5.74) is 8.19. The summed E-state index contributed by atoms with van der Waals surface area (Å²) in [6.07, 6.45) is 44.5. The van der Waals surface area contributed by atoms with Crippen molar-refractivity contribution in [2.75, 3.05) is 146 Å². The van der Waals surface area contributed by atoms with Gasteiger partial charge < -0.3 is 57.2 Å². The van der Waals surface area contributed by atoms with Gasteiger partial charge in [-0.25, -0.2) is 9.69 Å². The predicted molar refractivity (Wildman–Crippen MR) is 513 cm³/mol. The molecule has 2 aromatic carbocycles. The van der Waals surface area contributed by atoms with Crippen molar-refractivity contribution < 1.29 is 105 Å². The topological polar surface area (TPSA) is 409 Å². The fraction of sp³-hybridized carbons (Fsp3) is 0.640. The van der Waals surface area contributed by atoms with E-state index in [1.54, 1.807) is 13.8 Å². The van der Waals surface area contributed by atoms with Crippen molar-refractivity contribution in [3.05, 3.63) is 128 Å².